The number of hydrogen-bond acceptors (Lipinski definition) is 17. The van der Waals surface area contributed by atoms with Crippen LogP contribution in [-0.2, 0) is 18.0 Å². The molecule has 7 aromatic heterocycles. The molecule has 0 bridgehead atoms. The lowest BCUT2D eigenvalue weighted by Crippen LogP contribution is -2.15. The number of amides is 1. The monoisotopic (exact) mass is 887 g/mol. The Morgan fingerprint density at radius 3 is 2.03 bits per heavy atom. The molecule has 0 saturated heterocycles. The van der Waals surface area contributed by atoms with E-state index in [1.165, 1.54) is 21.8 Å². The van der Waals surface area contributed by atoms with Crippen LogP contribution in [0.1, 0.15) is 17.3 Å². The summed E-state index contributed by atoms with van der Waals surface area (Å²) in [5, 5.41) is 11.3. The molecule has 0 radical (unpaired) electrons. The average Bonchev–Trinajstić information content (AvgIpc) is 4.23. The highest BCUT2D eigenvalue weighted by Gasteiger charge is 2.15. The lowest BCUT2D eigenvalue weighted by Gasteiger charge is -2.07. The number of allylic oxidation sites excluding steroid dienone is 3. The highest BCUT2D eigenvalue weighted by atomic mass is 16.5. The van der Waals surface area contributed by atoms with Crippen molar-refractivity contribution in [2.45, 2.75) is 13.2 Å². The molecule has 0 aliphatic carbocycles. The van der Waals surface area contributed by atoms with E-state index < -0.39 is 6.09 Å². The van der Waals surface area contributed by atoms with Crippen molar-refractivity contribution in [1.82, 2.24) is 44.0 Å². The van der Waals surface area contributed by atoms with Crippen molar-refractivity contribution in [2.24, 2.45) is 4.99 Å². The molecule has 1 amide bonds. The molecule has 0 saturated carbocycles. The number of pyridine rings is 3. The Labute approximate surface area is 375 Å². The Balaban J connectivity index is 0.000000144. The Hall–Kier alpha value is -9.39. The number of nitrogens with zero attached hydrogens (tertiary/aromatic N) is 10. The molecule has 330 valence electrons. The zero-order valence-corrected chi connectivity index (χ0v) is 35.2. The summed E-state index contributed by atoms with van der Waals surface area (Å²) in [5.74, 6) is 2.35. The van der Waals surface area contributed by atoms with Crippen LogP contribution in [0.3, 0.4) is 0 Å². The number of rotatable bonds is 8. The number of nitrogens with one attached hydrogen (secondary N) is 1. The predicted molar refractivity (Wildman–Crippen MR) is 242 cm³/mol. The topological polar surface area (TPSA) is 259 Å². The van der Waals surface area contributed by atoms with Crippen molar-refractivity contribution in [1.29, 1.82) is 0 Å². The summed E-state index contributed by atoms with van der Waals surface area (Å²) in [7, 11) is 3.14. The van der Waals surface area contributed by atoms with E-state index in [9.17, 15) is 9.59 Å². The van der Waals surface area contributed by atoms with Gasteiger partial charge in [0.1, 0.15) is 47.9 Å². The number of ether oxygens (including phenoxy) is 3. The first kappa shape index (κ1) is 44.7. The van der Waals surface area contributed by atoms with Gasteiger partial charge in [-0.15, -0.1) is 0 Å². The van der Waals surface area contributed by atoms with Crippen LogP contribution in [0.4, 0.5) is 21.0 Å². The fraction of sp³-hybridized carbons (Fsp3) is 0.0870. The first-order valence-electron chi connectivity index (χ1n) is 19.6. The minimum atomic E-state index is -0.590. The van der Waals surface area contributed by atoms with Crippen LogP contribution in [0.2, 0.25) is 0 Å². The van der Waals surface area contributed by atoms with Gasteiger partial charge in [-0.3, -0.25) is 29.4 Å². The van der Waals surface area contributed by atoms with E-state index in [1.54, 1.807) is 131 Å². The summed E-state index contributed by atoms with van der Waals surface area (Å²) in [6.45, 7) is 0.0250. The molecular weight excluding hydrogens is 849 g/mol. The van der Waals surface area contributed by atoms with Gasteiger partial charge < -0.3 is 33.9 Å². The average molecular weight is 888 g/mol. The molecule has 4 N–H and O–H groups in total. The number of aliphatic imine (C=N–C) groups is 1. The Bertz CT molecular complexity index is 3000. The summed E-state index contributed by atoms with van der Waals surface area (Å²) in [5.41, 5.74) is 12.5. The largest absolute Gasteiger partial charge is 0.495 e. The number of methoxy groups -OCH3 is 2. The number of nitrogen functional groups attached to an aromatic ring is 1. The molecule has 20 heteroatoms. The van der Waals surface area contributed by atoms with Gasteiger partial charge >= 0.3 is 12.1 Å². The third-order valence-electron chi connectivity index (χ3n) is 8.85. The number of hydrogen-bond donors (Lipinski definition) is 3. The molecule has 66 heavy (non-hydrogen) atoms. The Morgan fingerprint density at radius 1 is 0.773 bits per heavy atom. The van der Waals surface area contributed by atoms with Crippen LogP contribution in [0.25, 0.3) is 39.2 Å². The van der Waals surface area contributed by atoms with Crippen LogP contribution >= 0.6 is 0 Å². The summed E-state index contributed by atoms with van der Waals surface area (Å²) in [6, 6.07) is 21.0. The number of imidazole rings is 2. The van der Waals surface area contributed by atoms with Crippen molar-refractivity contribution in [2.75, 3.05) is 25.3 Å². The predicted octanol–water partition coefficient (Wildman–Crippen LogP) is 7.49. The first-order chi connectivity index (χ1) is 32.3. The standard InChI is InChI=1S/C20H16N4O4.C12H8N3O.C7H6N4O.C7H9NO2/c1-26-16-6-4-15(22-11-16)12-27-20(25)23-14-5-7-18-17(9-14)24-19(28-18)13-3-2-8-21-10-13;13-9-3-4-11-10(6-9)15-12(16-11)8-2-1-5-14-7-8;12-7(10-3-1-8-5-10)11-4-2-9-6-11;1-10-7-3-2-6(5-9)8-4-7/h2-11H,12H2,1H3,(H,23,25);1-4,6-7H,13H2;1-6H;2-4,9H,5H2,1H3/q;+1;;. The summed E-state index contributed by atoms with van der Waals surface area (Å²) >= 11 is 0. The summed E-state index contributed by atoms with van der Waals surface area (Å²) < 4.78 is 29.2. The number of carbonyl (C=O) groups is 2. The maximum Gasteiger partial charge on any atom is 0.412 e. The number of benzene rings is 2. The van der Waals surface area contributed by atoms with Gasteiger partial charge in [0.2, 0.25) is 5.89 Å². The number of nitrogens with two attached hydrogens (primary N) is 1. The van der Waals surface area contributed by atoms with Gasteiger partial charge in [0.05, 0.1) is 56.2 Å². The second kappa shape index (κ2) is 22.1. The quantitative estimate of drug-likeness (QED) is 0.0986. The molecule has 10 rings (SSSR count). The van der Waals surface area contributed by atoms with Crippen LogP contribution in [0.15, 0.2) is 167 Å². The van der Waals surface area contributed by atoms with Gasteiger partial charge in [-0.05, 0) is 72.8 Å². The molecule has 1 aliphatic rings. The van der Waals surface area contributed by atoms with Gasteiger partial charge in [0, 0.05) is 48.6 Å². The van der Waals surface area contributed by atoms with Crippen LogP contribution in [-0.4, -0.2) is 81.7 Å². The zero-order valence-electron chi connectivity index (χ0n) is 35.2. The van der Waals surface area contributed by atoms with Gasteiger partial charge in [-0.1, -0.05) is 4.99 Å². The van der Waals surface area contributed by atoms with E-state index in [1.807, 2.05) is 24.3 Å². The zero-order chi connectivity index (χ0) is 46.1. The van der Waals surface area contributed by atoms with Crippen molar-refractivity contribution in [3.8, 4) is 23.0 Å². The number of aliphatic hydroxyl groups excluding tert-OH is 1. The molecule has 20 nitrogen and oxygen atoms in total. The van der Waals surface area contributed by atoms with Crippen LogP contribution in [0.5, 0.6) is 11.5 Å². The number of fused-ring (bicyclic) bond motifs is 2. The van der Waals surface area contributed by atoms with Gasteiger partial charge in [0.15, 0.2) is 29.2 Å². The molecule has 2 aromatic carbocycles. The highest BCUT2D eigenvalue weighted by Crippen LogP contribution is 2.26. The maximum absolute atomic E-state index is 12.0. The van der Waals surface area contributed by atoms with Crippen molar-refractivity contribution >= 4 is 57.5 Å². The van der Waals surface area contributed by atoms with Crippen molar-refractivity contribution in [3.63, 3.8) is 0 Å². The first-order valence-corrected chi connectivity index (χ1v) is 19.6. The molecule has 1 aliphatic heterocycles. The highest BCUT2D eigenvalue weighted by molar-refractivity contribution is 5.89. The molecule has 8 heterocycles. The number of aliphatic hydroxyl groups is 1. The summed E-state index contributed by atoms with van der Waals surface area (Å²) in [4.78, 5) is 55.7. The van der Waals surface area contributed by atoms with Crippen LogP contribution in [0, 0.1) is 0 Å². The van der Waals surface area contributed by atoms with Crippen molar-refractivity contribution in [3.05, 3.63) is 171 Å². The maximum atomic E-state index is 12.0. The smallest absolute Gasteiger partial charge is 0.412 e. The van der Waals surface area contributed by atoms with Crippen molar-refractivity contribution < 1.29 is 37.7 Å². The number of aromatic nitrogens is 9. The van der Waals surface area contributed by atoms with E-state index in [0.717, 1.165) is 22.2 Å². The SMILES string of the molecule is COc1ccc(CO)nc1.COc1ccc(COC(=O)Nc2ccc3oc(-c4cccnc4)nc3c2)nc1.Nc1ccc2oc(C3=CN=[C+]C=C3)nc2c1.O=C(n1ccnc1)n1ccnc1. The molecular formula is C46H39N12O8+. The number of anilines is 2. The lowest BCUT2D eigenvalue weighted by molar-refractivity contribution is 0.153. The van der Waals surface area contributed by atoms with E-state index in [2.05, 4.69) is 51.4 Å². The molecule has 0 fully saturated rings. The third-order valence-corrected chi connectivity index (χ3v) is 8.85. The van der Waals surface area contributed by atoms with E-state index in [4.69, 9.17) is 33.9 Å². The van der Waals surface area contributed by atoms with E-state index in [0.29, 0.717) is 57.1 Å². The molecule has 0 atom stereocenters. The van der Waals surface area contributed by atoms with Gasteiger partial charge in [-0.25, -0.2) is 29.5 Å². The Kier molecular flexibility index (Phi) is 15.0. The second-order valence-corrected chi connectivity index (χ2v) is 13.3. The minimum absolute atomic E-state index is 0.0238. The number of oxazole rings is 2. The minimum Gasteiger partial charge on any atom is -0.495 e. The Morgan fingerprint density at radius 2 is 1.44 bits per heavy atom. The molecule has 0 spiro atoms. The second-order valence-electron chi connectivity index (χ2n) is 13.3. The fourth-order valence-corrected chi connectivity index (χ4v) is 5.55. The van der Waals surface area contributed by atoms with E-state index >= 15 is 0 Å². The number of carbonyl (C=O) groups excluding carboxylic acids is 2. The fourth-order valence-electron chi connectivity index (χ4n) is 5.55. The van der Waals surface area contributed by atoms with Gasteiger partial charge in [-0.2, -0.15) is 0 Å². The van der Waals surface area contributed by atoms with Crippen LogP contribution < -0.4 is 20.5 Å². The summed E-state index contributed by atoms with van der Waals surface area (Å²) in [6.07, 6.45) is 23.0. The van der Waals surface area contributed by atoms with Gasteiger partial charge in [0.25, 0.3) is 5.89 Å². The molecule has 9 aromatic rings. The third kappa shape index (κ3) is 12.2. The van der Waals surface area contributed by atoms with E-state index in [-0.39, 0.29) is 19.2 Å². The lowest BCUT2D eigenvalue weighted by atomic mass is 10.2. The molecule has 0 unspecified atom stereocenters. The normalized spacial score (nSPS) is 11.1.